The first-order chi connectivity index (χ1) is 17.9. The number of hydrogen-bond acceptors (Lipinski definition) is 5. The van der Waals surface area contributed by atoms with E-state index < -0.39 is 5.92 Å². The van der Waals surface area contributed by atoms with Crippen molar-refractivity contribution >= 4 is 23.2 Å². The van der Waals surface area contributed by atoms with Crippen LogP contribution in [0, 0.1) is 5.92 Å². The van der Waals surface area contributed by atoms with Gasteiger partial charge in [-0.3, -0.25) is 9.59 Å². The van der Waals surface area contributed by atoms with Gasteiger partial charge in [0, 0.05) is 23.5 Å². The van der Waals surface area contributed by atoms with Crippen LogP contribution in [0.1, 0.15) is 66.0 Å². The second kappa shape index (κ2) is 12.3. The number of carbonyl (C=O) groups excluding carboxylic acids is 2. The van der Waals surface area contributed by atoms with Crippen molar-refractivity contribution in [1.29, 1.82) is 0 Å². The number of benzene rings is 2. The molecule has 0 radical (unpaired) electrons. The molecule has 0 unspecified atom stereocenters. The summed E-state index contributed by atoms with van der Waals surface area (Å²) in [7, 11) is 0. The van der Waals surface area contributed by atoms with Crippen LogP contribution in [0.15, 0.2) is 60.0 Å². The van der Waals surface area contributed by atoms with Crippen LogP contribution < -0.4 is 14.8 Å². The largest absolute Gasteiger partial charge is 0.490 e. The van der Waals surface area contributed by atoms with Gasteiger partial charge < -0.3 is 19.7 Å². The van der Waals surface area contributed by atoms with Crippen molar-refractivity contribution in [1.82, 2.24) is 10.2 Å². The lowest BCUT2D eigenvalue weighted by atomic mass is 9.81. The molecule has 37 heavy (non-hydrogen) atoms. The van der Waals surface area contributed by atoms with Gasteiger partial charge in [-0.15, -0.1) is 11.3 Å². The van der Waals surface area contributed by atoms with Crippen LogP contribution in [-0.4, -0.2) is 43.0 Å². The summed E-state index contributed by atoms with van der Waals surface area (Å²) in [5.74, 6) is 1.16. The Morgan fingerprint density at radius 2 is 1.78 bits per heavy atom. The predicted octanol–water partition coefficient (Wildman–Crippen LogP) is 5.84. The third-order valence-corrected chi connectivity index (χ3v) is 7.38. The highest BCUT2D eigenvalue weighted by molar-refractivity contribution is 7.10. The van der Waals surface area contributed by atoms with Gasteiger partial charge in [0.05, 0.1) is 25.2 Å². The van der Waals surface area contributed by atoms with Crippen LogP contribution in [0.4, 0.5) is 0 Å². The van der Waals surface area contributed by atoms with Crippen molar-refractivity contribution in [2.45, 2.75) is 46.1 Å². The topological polar surface area (TPSA) is 67.9 Å². The van der Waals surface area contributed by atoms with Gasteiger partial charge in [-0.1, -0.05) is 44.2 Å². The van der Waals surface area contributed by atoms with Crippen LogP contribution in [-0.2, 0) is 11.2 Å². The minimum atomic E-state index is -0.481. The normalized spacial score (nSPS) is 17.0. The average Bonchev–Trinajstić information content (AvgIpc) is 3.41. The Labute approximate surface area is 223 Å². The number of nitrogens with zero attached hydrogens (tertiary/aromatic N) is 1. The van der Waals surface area contributed by atoms with Crippen molar-refractivity contribution in [2.24, 2.45) is 5.92 Å². The molecule has 2 atom stereocenters. The summed E-state index contributed by atoms with van der Waals surface area (Å²) < 4.78 is 11.4. The van der Waals surface area contributed by atoms with E-state index in [1.807, 2.05) is 78.7 Å². The lowest BCUT2D eigenvalue weighted by Crippen LogP contribution is -2.48. The van der Waals surface area contributed by atoms with Crippen LogP contribution in [0.3, 0.4) is 0 Å². The lowest BCUT2D eigenvalue weighted by Gasteiger charge is -2.42. The summed E-state index contributed by atoms with van der Waals surface area (Å²) in [6.45, 7) is 10.3. The Balaban J connectivity index is 1.58. The maximum atomic E-state index is 13.8. The fraction of sp³-hybridized carbons (Fsp3) is 0.400. The highest BCUT2D eigenvalue weighted by Crippen LogP contribution is 2.44. The van der Waals surface area contributed by atoms with E-state index in [1.54, 1.807) is 11.3 Å². The van der Waals surface area contributed by atoms with E-state index in [-0.39, 0.29) is 23.8 Å². The molecule has 7 heteroatoms. The van der Waals surface area contributed by atoms with E-state index >= 15 is 0 Å². The van der Waals surface area contributed by atoms with Crippen molar-refractivity contribution < 1.29 is 19.1 Å². The van der Waals surface area contributed by atoms with Crippen LogP contribution in [0.5, 0.6) is 11.5 Å². The first-order valence-corrected chi connectivity index (χ1v) is 13.9. The molecule has 2 aromatic carbocycles. The molecule has 2 heterocycles. The van der Waals surface area contributed by atoms with Crippen LogP contribution in [0.25, 0.3) is 0 Å². The Bertz CT molecular complexity index is 1210. The van der Waals surface area contributed by atoms with Gasteiger partial charge >= 0.3 is 0 Å². The molecular weight excluding hydrogens is 484 g/mol. The quantitative estimate of drug-likeness (QED) is 0.345. The summed E-state index contributed by atoms with van der Waals surface area (Å²) in [6.07, 6.45) is 0.658. The molecule has 0 fully saturated rings. The summed E-state index contributed by atoms with van der Waals surface area (Å²) in [6, 6.07) is 17.1. The van der Waals surface area contributed by atoms with Gasteiger partial charge in [0.1, 0.15) is 0 Å². The van der Waals surface area contributed by atoms with Gasteiger partial charge in [-0.2, -0.15) is 0 Å². The second-order valence-corrected chi connectivity index (χ2v) is 10.5. The Kier molecular flexibility index (Phi) is 8.87. The Morgan fingerprint density at radius 3 is 2.49 bits per heavy atom. The third-order valence-electron chi connectivity index (χ3n) is 6.44. The molecule has 1 aliphatic rings. The number of rotatable bonds is 11. The van der Waals surface area contributed by atoms with E-state index in [1.165, 1.54) is 0 Å². The molecule has 0 saturated heterocycles. The molecule has 1 aromatic heterocycles. The highest BCUT2D eigenvalue weighted by atomic mass is 32.1. The summed E-state index contributed by atoms with van der Waals surface area (Å²) in [4.78, 5) is 30.3. The van der Waals surface area contributed by atoms with E-state index in [9.17, 15) is 9.59 Å². The van der Waals surface area contributed by atoms with Gasteiger partial charge in [0.15, 0.2) is 11.5 Å². The molecule has 3 aromatic rings. The van der Waals surface area contributed by atoms with Crippen molar-refractivity contribution in [3.63, 3.8) is 0 Å². The van der Waals surface area contributed by atoms with Crippen LogP contribution >= 0.6 is 11.3 Å². The molecule has 2 amide bonds. The molecule has 1 N–H and O–H groups in total. The van der Waals surface area contributed by atoms with E-state index in [4.69, 9.17) is 9.47 Å². The van der Waals surface area contributed by atoms with E-state index in [0.29, 0.717) is 38.3 Å². The second-order valence-electron chi connectivity index (χ2n) is 9.56. The number of hydrogen-bond donors (Lipinski definition) is 1. The predicted molar refractivity (Wildman–Crippen MR) is 148 cm³/mol. The molecule has 196 valence electrons. The Morgan fingerprint density at radius 1 is 1.03 bits per heavy atom. The number of carbonyl (C=O) groups is 2. The van der Waals surface area contributed by atoms with Crippen molar-refractivity contribution in [3.05, 3.63) is 81.5 Å². The van der Waals surface area contributed by atoms with Crippen molar-refractivity contribution in [3.8, 4) is 11.5 Å². The number of fused-ring (bicyclic) bond motifs is 1. The molecule has 0 aliphatic carbocycles. The van der Waals surface area contributed by atoms with Crippen LogP contribution in [0.2, 0.25) is 0 Å². The first kappa shape index (κ1) is 26.7. The number of amides is 2. The van der Waals surface area contributed by atoms with Gasteiger partial charge in [-0.25, -0.2) is 0 Å². The molecule has 0 saturated carbocycles. The van der Waals surface area contributed by atoms with Gasteiger partial charge in [0.25, 0.3) is 5.91 Å². The zero-order valence-electron chi connectivity index (χ0n) is 22.0. The zero-order chi connectivity index (χ0) is 26.4. The number of thiophene rings is 1. The maximum Gasteiger partial charge on any atom is 0.254 e. The minimum Gasteiger partial charge on any atom is -0.490 e. The van der Waals surface area contributed by atoms with E-state index in [2.05, 4.69) is 19.2 Å². The SMILES string of the molecule is CCOc1ccc(CCNC(=O)[C@@H]2c3ccccc3C(=O)N(CC(C)C)[C@H]2c2cccs2)cc1OCC. The molecule has 4 rings (SSSR count). The lowest BCUT2D eigenvalue weighted by molar-refractivity contribution is -0.124. The molecule has 0 bridgehead atoms. The van der Waals surface area contributed by atoms with Crippen molar-refractivity contribution in [2.75, 3.05) is 26.3 Å². The summed E-state index contributed by atoms with van der Waals surface area (Å²) in [5, 5.41) is 5.17. The van der Waals surface area contributed by atoms with Gasteiger partial charge in [-0.05, 0) is 67.0 Å². The number of ether oxygens (including phenoxy) is 2. The first-order valence-electron chi connectivity index (χ1n) is 13.0. The zero-order valence-corrected chi connectivity index (χ0v) is 22.8. The monoisotopic (exact) mass is 520 g/mol. The fourth-order valence-electron chi connectivity index (χ4n) is 4.94. The molecule has 1 aliphatic heterocycles. The minimum absolute atomic E-state index is 0.00964. The summed E-state index contributed by atoms with van der Waals surface area (Å²) >= 11 is 1.59. The van der Waals surface area contributed by atoms with Gasteiger partial charge in [0.2, 0.25) is 5.91 Å². The third kappa shape index (κ3) is 5.99. The molecule has 0 spiro atoms. The molecular formula is C30H36N2O4S. The van der Waals surface area contributed by atoms with E-state index in [0.717, 1.165) is 27.5 Å². The smallest absolute Gasteiger partial charge is 0.254 e. The highest BCUT2D eigenvalue weighted by Gasteiger charge is 2.44. The fourth-order valence-corrected chi connectivity index (χ4v) is 5.81. The average molecular weight is 521 g/mol. The standard InChI is InChI=1S/C30H36N2O4S/c1-5-35-24-14-13-21(18-25(24)36-6-2)15-16-31-29(33)27-22-10-7-8-11-23(22)30(34)32(19-20(3)4)28(27)26-12-9-17-37-26/h7-14,17-18,20,27-28H,5-6,15-16,19H2,1-4H3,(H,31,33)/t27-,28+/m1/s1. The number of nitrogens with one attached hydrogen (secondary N) is 1. The maximum absolute atomic E-state index is 13.8. The Hall–Kier alpha value is -3.32. The molecule has 6 nitrogen and oxygen atoms in total. The summed E-state index contributed by atoms with van der Waals surface area (Å²) in [5.41, 5.74) is 2.47.